The number of carbonyl (C=O) groups is 3. The lowest BCUT2D eigenvalue weighted by molar-refractivity contribution is -0.170. The number of rotatable bonds is 12. The van der Waals surface area contributed by atoms with Crippen molar-refractivity contribution in [1.82, 2.24) is 0 Å². The van der Waals surface area contributed by atoms with E-state index < -0.39 is 42.5 Å². The SMILES string of the molecule is C=CCCCO[C@@H]1O[C@H](COC(=O)c2ccccc2)[C@@H](OC(=O)c2ccccc2)[C@H]1OC(=O)c1ccccc1. The molecule has 0 unspecified atom stereocenters. The molecule has 0 amide bonds. The van der Waals surface area contributed by atoms with Gasteiger partial charge in [-0.25, -0.2) is 14.4 Å². The predicted molar refractivity (Wildman–Crippen MR) is 142 cm³/mol. The summed E-state index contributed by atoms with van der Waals surface area (Å²) >= 11 is 0. The second-order valence-electron chi connectivity index (χ2n) is 8.78. The summed E-state index contributed by atoms with van der Waals surface area (Å²) in [5, 5.41) is 0. The first kappa shape index (κ1) is 27.8. The van der Waals surface area contributed by atoms with Gasteiger partial charge in [0.15, 0.2) is 18.5 Å². The summed E-state index contributed by atoms with van der Waals surface area (Å²) in [7, 11) is 0. The standard InChI is InChI=1S/C31H30O8/c1-2-3-13-20-35-31-27(39-30(34)24-18-11-6-12-19-24)26(38-29(33)23-16-9-5-10-17-23)25(37-31)21-36-28(32)22-14-7-4-8-15-22/h2,4-12,14-19,25-27,31H,1,3,13,20-21H2/t25-,26-,27-,31-/m1/s1. The van der Waals surface area contributed by atoms with E-state index in [1.807, 2.05) is 0 Å². The van der Waals surface area contributed by atoms with E-state index in [2.05, 4.69) is 6.58 Å². The van der Waals surface area contributed by atoms with E-state index in [1.165, 1.54) is 0 Å². The van der Waals surface area contributed by atoms with Crippen LogP contribution in [-0.2, 0) is 23.7 Å². The van der Waals surface area contributed by atoms with Gasteiger partial charge in [0.1, 0.15) is 12.7 Å². The lowest BCUT2D eigenvalue weighted by Crippen LogP contribution is -2.42. The summed E-state index contributed by atoms with van der Waals surface area (Å²) < 4.78 is 29.1. The van der Waals surface area contributed by atoms with Crippen molar-refractivity contribution in [1.29, 1.82) is 0 Å². The Labute approximate surface area is 227 Å². The molecule has 8 nitrogen and oxygen atoms in total. The van der Waals surface area contributed by atoms with Crippen LogP contribution in [-0.4, -0.2) is 55.7 Å². The third-order valence-corrected chi connectivity index (χ3v) is 6.00. The molecular weight excluding hydrogens is 500 g/mol. The molecule has 0 saturated carbocycles. The molecule has 0 bridgehead atoms. The zero-order chi connectivity index (χ0) is 27.5. The molecule has 0 aromatic heterocycles. The first-order valence-electron chi connectivity index (χ1n) is 12.7. The fourth-order valence-corrected chi connectivity index (χ4v) is 4.00. The fourth-order valence-electron chi connectivity index (χ4n) is 4.00. The Morgan fingerprint density at radius 1 is 0.718 bits per heavy atom. The molecular formula is C31H30O8. The second-order valence-corrected chi connectivity index (χ2v) is 8.78. The van der Waals surface area contributed by atoms with Gasteiger partial charge in [0.25, 0.3) is 0 Å². The van der Waals surface area contributed by atoms with Gasteiger partial charge in [0, 0.05) is 0 Å². The summed E-state index contributed by atoms with van der Waals surface area (Å²) in [5.41, 5.74) is 0.980. The zero-order valence-corrected chi connectivity index (χ0v) is 21.3. The highest BCUT2D eigenvalue weighted by molar-refractivity contribution is 5.91. The molecule has 1 heterocycles. The maximum absolute atomic E-state index is 13.0. The lowest BCUT2D eigenvalue weighted by atomic mass is 10.1. The highest BCUT2D eigenvalue weighted by Crippen LogP contribution is 2.30. The number of unbranched alkanes of at least 4 members (excludes halogenated alkanes) is 1. The molecule has 3 aromatic carbocycles. The van der Waals surface area contributed by atoms with Gasteiger partial charge in [-0.15, -0.1) is 6.58 Å². The van der Waals surface area contributed by atoms with E-state index >= 15 is 0 Å². The molecule has 1 fully saturated rings. The Morgan fingerprint density at radius 2 is 1.21 bits per heavy atom. The van der Waals surface area contributed by atoms with E-state index in [4.69, 9.17) is 23.7 Å². The fraction of sp³-hybridized carbons (Fsp3) is 0.258. The first-order chi connectivity index (χ1) is 19.1. The summed E-state index contributed by atoms with van der Waals surface area (Å²) in [5.74, 6) is -1.84. The average molecular weight is 531 g/mol. The number of allylic oxidation sites excluding steroid dienone is 1. The molecule has 4 atom stereocenters. The van der Waals surface area contributed by atoms with Gasteiger partial charge in [0.05, 0.1) is 23.3 Å². The minimum atomic E-state index is -1.12. The van der Waals surface area contributed by atoms with E-state index in [0.29, 0.717) is 29.5 Å². The van der Waals surface area contributed by atoms with Crippen molar-refractivity contribution < 1.29 is 38.1 Å². The number of hydrogen-bond acceptors (Lipinski definition) is 8. The molecule has 0 radical (unpaired) electrons. The van der Waals surface area contributed by atoms with E-state index in [-0.39, 0.29) is 13.2 Å². The Balaban J connectivity index is 1.57. The maximum Gasteiger partial charge on any atom is 0.338 e. The van der Waals surface area contributed by atoms with Crippen LogP contribution in [0.25, 0.3) is 0 Å². The summed E-state index contributed by atoms with van der Waals surface area (Å²) in [4.78, 5) is 38.7. The molecule has 0 N–H and O–H groups in total. The van der Waals surface area contributed by atoms with Crippen LogP contribution in [0.3, 0.4) is 0 Å². The Kier molecular flexibility index (Phi) is 9.99. The molecule has 1 aliphatic rings. The van der Waals surface area contributed by atoms with E-state index in [1.54, 1.807) is 97.1 Å². The first-order valence-corrected chi connectivity index (χ1v) is 12.7. The van der Waals surface area contributed by atoms with Crippen LogP contribution in [0.5, 0.6) is 0 Å². The average Bonchev–Trinajstić information content (AvgIpc) is 3.30. The third kappa shape index (κ3) is 7.63. The molecule has 0 spiro atoms. The van der Waals surface area contributed by atoms with Crippen molar-refractivity contribution in [2.45, 2.75) is 37.4 Å². The quantitative estimate of drug-likeness (QED) is 0.140. The van der Waals surface area contributed by atoms with Crippen LogP contribution < -0.4 is 0 Å². The highest BCUT2D eigenvalue weighted by atomic mass is 16.7. The molecule has 0 aliphatic carbocycles. The Hall–Kier alpha value is -4.27. The van der Waals surface area contributed by atoms with Crippen LogP contribution in [0.15, 0.2) is 104 Å². The van der Waals surface area contributed by atoms with Crippen molar-refractivity contribution in [3.05, 3.63) is 120 Å². The monoisotopic (exact) mass is 530 g/mol. The number of benzene rings is 3. The van der Waals surface area contributed by atoms with E-state index in [9.17, 15) is 14.4 Å². The highest BCUT2D eigenvalue weighted by Gasteiger charge is 2.51. The largest absolute Gasteiger partial charge is 0.459 e. The molecule has 202 valence electrons. The van der Waals surface area contributed by atoms with Crippen LogP contribution >= 0.6 is 0 Å². The molecule has 3 aromatic rings. The maximum atomic E-state index is 13.0. The zero-order valence-electron chi connectivity index (χ0n) is 21.3. The molecule has 8 heteroatoms. The van der Waals surface area contributed by atoms with E-state index in [0.717, 1.165) is 0 Å². The molecule has 4 rings (SSSR count). The number of hydrogen-bond donors (Lipinski definition) is 0. The summed E-state index contributed by atoms with van der Waals surface area (Å²) in [6, 6.07) is 25.3. The van der Waals surface area contributed by atoms with Crippen LogP contribution in [0.1, 0.15) is 43.9 Å². The van der Waals surface area contributed by atoms with Crippen molar-refractivity contribution in [2.24, 2.45) is 0 Å². The normalized spacial score (nSPS) is 20.1. The van der Waals surface area contributed by atoms with Crippen LogP contribution in [0.4, 0.5) is 0 Å². The van der Waals surface area contributed by atoms with Crippen molar-refractivity contribution >= 4 is 17.9 Å². The number of esters is 3. The lowest BCUT2D eigenvalue weighted by Gasteiger charge is -2.24. The van der Waals surface area contributed by atoms with Gasteiger partial charge in [-0.3, -0.25) is 0 Å². The molecule has 1 saturated heterocycles. The third-order valence-electron chi connectivity index (χ3n) is 6.00. The van der Waals surface area contributed by atoms with Crippen LogP contribution in [0.2, 0.25) is 0 Å². The van der Waals surface area contributed by atoms with Crippen LogP contribution in [0, 0.1) is 0 Å². The Morgan fingerprint density at radius 3 is 1.72 bits per heavy atom. The van der Waals surface area contributed by atoms with Gasteiger partial charge in [-0.1, -0.05) is 60.7 Å². The predicted octanol–water partition coefficient (Wildman–Crippen LogP) is 5.00. The molecule has 1 aliphatic heterocycles. The number of carbonyl (C=O) groups excluding carboxylic acids is 3. The van der Waals surface area contributed by atoms with Gasteiger partial charge >= 0.3 is 17.9 Å². The van der Waals surface area contributed by atoms with Gasteiger partial charge in [-0.05, 0) is 49.2 Å². The Bertz CT molecular complexity index is 1230. The topological polar surface area (TPSA) is 97.4 Å². The molecule has 39 heavy (non-hydrogen) atoms. The second kappa shape index (κ2) is 14.0. The van der Waals surface area contributed by atoms with Gasteiger partial charge < -0.3 is 23.7 Å². The minimum Gasteiger partial charge on any atom is -0.459 e. The van der Waals surface area contributed by atoms with Crippen molar-refractivity contribution in [2.75, 3.05) is 13.2 Å². The summed E-state index contributed by atoms with van der Waals surface area (Å²) in [6.07, 6.45) is -1.11. The smallest absolute Gasteiger partial charge is 0.338 e. The van der Waals surface area contributed by atoms with Gasteiger partial charge in [0.2, 0.25) is 0 Å². The summed E-state index contributed by atoms with van der Waals surface area (Å²) in [6.45, 7) is 3.73. The van der Waals surface area contributed by atoms with Crippen molar-refractivity contribution in [3.8, 4) is 0 Å². The minimum absolute atomic E-state index is 0.258. The van der Waals surface area contributed by atoms with Crippen molar-refractivity contribution in [3.63, 3.8) is 0 Å². The van der Waals surface area contributed by atoms with Gasteiger partial charge in [-0.2, -0.15) is 0 Å². The number of ether oxygens (including phenoxy) is 5.